The van der Waals surface area contributed by atoms with Gasteiger partial charge < -0.3 is 44.2 Å². The molecule has 1 aromatic heterocycles. The van der Waals surface area contributed by atoms with Crippen LogP contribution in [0.1, 0.15) is 28.5 Å². The summed E-state index contributed by atoms with van der Waals surface area (Å²) in [6, 6.07) is 8.32. The molecule has 0 saturated heterocycles. The van der Waals surface area contributed by atoms with Crippen LogP contribution in [-0.2, 0) is 0 Å². The maximum absolute atomic E-state index is 13.8. The zero-order valence-electron chi connectivity index (χ0n) is 20.1. The van der Waals surface area contributed by atoms with Crippen molar-refractivity contribution in [3.63, 3.8) is 0 Å². The lowest BCUT2D eigenvalue weighted by atomic mass is 9.70. The van der Waals surface area contributed by atoms with Crippen molar-refractivity contribution in [2.45, 2.75) is 11.8 Å². The number of hydrogen-bond acceptors (Lipinski definition) is 10. The van der Waals surface area contributed by atoms with Gasteiger partial charge in [0, 0.05) is 35.1 Å². The number of phenols is 4. The van der Waals surface area contributed by atoms with Gasteiger partial charge in [0.1, 0.15) is 28.2 Å². The Morgan fingerprint density at radius 3 is 2.24 bits per heavy atom. The zero-order valence-corrected chi connectivity index (χ0v) is 20.1. The number of phenolic OH excluding ortho intramolecular Hbond substituents is 4. The molecule has 0 unspecified atom stereocenters. The number of methoxy groups -OCH3 is 3. The number of aliphatic hydroxyl groups excluding tert-OH is 1. The van der Waals surface area contributed by atoms with Crippen molar-refractivity contribution < 1.29 is 44.2 Å². The molecule has 10 nitrogen and oxygen atoms in total. The highest BCUT2D eigenvalue weighted by Crippen LogP contribution is 2.57. The number of aromatic hydroxyl groups is 4. The van der Waals surface area contributed by atoms with Gasteiger partial charge in [0.05, 0.1) is 33.5 Å². The number of hydrogen-bond donors (Lipinski definition) is 5. The molecule has 37 heavy (non-hydrogen) atoms. The predicted molar refractivity (Wildman–Crippen MR) is 132 cm³/mol. The normalized spacial score (nSPS) is 16.2. The number of rotatable bonds is 5. The van der Waals surface area contributed by atoms with E-state index in [0.717, 1.165) is 6.07 Å². The summed E-state index contributed by atoms with van der Waals surface area (Å²) in [6.45, 7) is -0.522. The Bertz CT molecular complexity index is 1600. The summed E-state index contributed by atoms with van der Waals surface area (Å²) >= 11 is 0. The van der Waals surface area contributed by atoms with E-state index in [2.05, 4.69) is 0 Å². The third-order valence-corrected chi connectivity index (χ3v) is 6.77. The van der Waals surface area contributed by atoms with Crippen LogP contribution >= 0.6 is 0 Å². The van der Waals surface area contributed by atoms with E-state index in [9.17, 15) is 30.3 Å². The van der Waals surface area contributed by atoms with Crippen LogP contribution in [0.2, 0.25) is 0 Å². The van der Waals surface area contributed by atoms with Crippen LogP contribution in [-0.4, -0.2) is 53.5 Å². The second kappa shape index (κ2) is 8.82. The molecule has 0 spiro atoms. The molecule has 4 aromatic rings. The largest absolute Gasteiger partial charge is 0.508 e. The number of aliphatic hydroxyl groups is 1. The van der Waals surface area contributed by atoms with Crippen molar-refractivity contribution >= 4 is 11.0 Å². The molecular formula is C27H24O10. The molecule has 2 atom stereocenters. The smallest absolute Gasteiger partial charge is 0.201 e. The third-order valence-electron chi connectivity index (χ3n) is 6.77. The lowest BCUT2D eigenvalue weighted by molar-refractivity contribution is 0.249. The van der Waals surface area contributed by atoms with Gasteiger partial charge >= 0.3 is 0 Å². The lowest BCUT2D eigenvalue weighted by Crippen LogP contribution is -2.28. The van der Waals surface area contributed by atoms with Gasteiger partial charge in [-0.1, -0.05) is 6.07 Å². The monoisotopic (exact) mass is 508 g/mol. The minimum absolute atomic E-state index is 0.0389. The molecule has 192 valence electrons. The molecular weight excluding hydrogens is 484 g/mol. The van der Waals surface area contributed by atoms with Crippen LogP contribution in [0.4, 0.5) is 0 Å². The number of benzene rings is 3. The third kappa shape index (κ3) is 3.48. The van der Waals surface area contributed by atoms with Gasteiger partial charge in [-0.15, -0.1) is 0 Å². The van der Waals surface area contributed by atoms with Crippen LogP contribution in [0.25, 0.3) is 22.3 Å². The fraction of sp³-hybridized carbons (Fsp3) is 0.222. The standard InChI is InChI=1S/C27H24O10/c1-34-17-6-11(4-5-15(17)30)20-14(10-28)22-25(33)23-16(31)7-12(29)8-18(23)37-26(22)13-9-19(35-2)24(32)27(36-3)21(13)20/h4-9,14,20,28-32H,10H2,1-3H3/t14-,20+/m0/s1. The van der Waals surface area contributed by atoms with Gasteiger partial charge in [-0.3, -0.25) is 4.79 Å². The second-order valence-electron chi connectivity index (χ2n) is 8.63. The second-order valence-corrected chi connectivity index (χ2v) is 8.63. The molecule has 5 rings (SSSR count). The molecule has 0 bridgehead atoms. The molecule has 1 aliphatic carbocycles. The summed E-state index contributed by atoms with van der Waals surface area (Å²) in [5.74, 6) is -2.58. The molecule has 10 heteroatoms. The highest BCUT2D eigenvalue weighted by Gasteiger charge is 2.42. The quantitative estimate of drug-likeness (QED) is 0.270. The summed E-state index contributed by atoms with van der Waals surface area (Å²) in [6.07, 6.45) is 0. The maximum atomic E-state index is 13.8. The van der Waals surface area contributed by atoms with Crippen LogP contribution < -0.4 is 19.6 Å². The van der Waals surface area contributed by atoms with E-state index >= 15 is 0 Å². The Labute approximate surface area is 210 Å². The summed E-state index contributed by atoms with van der Waals surface area (Å²) < 4.78 is 22.3. The van der Waals surface area contributed by atoms with Crippen molar-refractivity contribution in [2.75, 3.05) is 27.9 Å². The fourth-order valence-electron chi connectivity index (χ4n) is 5.18. The first-order valence-corrected chi connectivity index (χ1v) is 11.2. The SMILES string of the molecule is COc1cc([C@H]2c3c(cc(OC)c(O)c3OC)-c3oc4cc(O)cc(O)c4c(=O)c3[C@H]2CO)ccc1O. The highest BCUT2D eigenvalue weighted by atomic mass is 16.5. The summed E-state index contributed by atoms with van der Waals surface area (Å²) in [5, 5.41) is 52.0. The highest BCUT2D eigenvalue weighted by molar-refractivity contribution is 5.89. The number of ether oxygens (including phenoxy) is 3. The van der Waals surface area contributed by atoms with Crippen molar-refractivity contribution in [2.24, 2.45) is 0 Å². The van der Waals surface area contributed by atoms with E-state index in [1.807, 2.05) is 0 Å². The molecule has 0 aliphatic heterocycles. The summed E-state index contributed by atoms with van der Waals surface area (Å²) in [5.41, 5.74) is 0.685. The Balaban J connectivity index is 1.97. The molecule has 5 N–H and O–H groups in total. The minimum Gasteiger partial charge on any atom is -0.508 e. The van der Waals surface area contributed by atoms with Crippen molar-refractivity contribution in [1.82, 2.24) is 0 Å². The van der Waals surface area contributed by atoms with E-state index in [1.54, 1.807) is 12.1 Å². The van der Waals surface area contributed by atoms with Gasteiger partial charge in [-0.05, 0) is 23.8 Å². The van der Waals surface area contributed by atoms with Crippen LogP contribution in [0.3, 0.4) is 0 Å². The van der Waals surface area contributed by atoms with Gasteiger partial charge in [-0.25, -0.2) is 0 Å². The Morgan fingerprint density at radius 1 is 0.865 bits per heavy atom. The zero-order chi connectivity index (χ0) is 26.6. The molecule has 0 radical (unpaired) electrons. The average Bonchev–Trinajstić information content (AvgIpc) is 2.87. The van der Waals surface area contributed by atoms with E-state index in [0.29, 0.717) is 16.7 Å². The van der Waals surface area contributed by atoms with Crippen molar-refractivity contribution in [1.29, 1.82) is 0 Å². The van der Waals surface area contributed by atoms with Gasteiger partial charge in [0.25, 0.3) is 0 Å². The molecule has 0 amide bonds. The lowest BCUT2D eigenvalue weighted by Gasteiger charge is -2.35. The molecule has 0 saturated carbocycles. The van der Waals surface area contributed by atoms with Gasteiger partial charge in [0.15, 0.2) is 23.0 Å². The number of fused-ring (bicyclic) bond motifs is 4. The first kappa shape index (κ1) is 24.1. The molecule has 1 aliphatic rings. The van der Waals surface area contributed by atoms with Crippen molar-refractivity contribution in [3.8, 4) is 51.6 Å². The van der Waals surface area contributed by atoms with Crippen LogP contribution in [0, 0.1) is 0 Å². The fourth-order valence-corrected chi connectivity index (χ4v) is 5.18. The van der Waals surface area contributed by atoms with Gasteiger partial charge in [0.2, 0.25) is 11.2 Å². The van der Waals surface area contributed by atoms with E-state index in [4.69, 9.17) is 18.6 Å². The summed E-state index contributed by atoms with van der Waals surface area (Å²) in [4.78, 5) is 13.8. The first-order chi connectivity index (χ1) is 17.7. The van der Waals surface area contributed by atoms with E-state index in [-0.39, 0.29) is 56.8 Å². The Kier molecular flexibility index (Phi) is 5.76. The first-order valence-electron chi connectivity index (χ1n) is 11.2. The van der Waals surface area contributed by atoms with E-state index in [1.165, 1.54) is 39.5 Å². The average molecular weight is 508 g/mol. The Morgan fingerprint density at radius 2 is 1.59 bits per heavy atom. The Hall–Kier alpha value is -4.57. The molecule has 0 fully saturated rings. The summed E-state index contributed by atoms with van der Waals surface area (Å²) in [7, 11) is 4.11. The molecule has 3 aromatic carbocycles. The van der Waals surface area contributed by atoms with Crippen molar-refractivity contribution in [3.05, 3.63) is 63.3 Å². The molecule has 1 heterocycles. The minimum atomic E-state index is -0.924. The topological polar surface area (TPSA) is 159 Å². The maximum Gasteiger partial charge on any atom is 0.201 e. The predicted octanol–water partition coefficient (Wildman–Crippen LogP) is 3.53. The van der Waals surface area contributed by atoms with Gasteiger partial charge in [-0.2, -0.15) is 0 Å². The van der Waals surface area contributed by atoms with E-state index < -0.39 is 29.6 Å². The van der Waals surface area contributed by atoms with Crippen LogP contribution in [0.15, 0.2) is 45.6 Å². The van der Waals surface area contributed by atoms with Crippen LogP contribution in [0.5, 0.6) is 40.2 Å².